The van der Waals surface area contributed by atoms with Crippen molar-refractivity contribution in [1.29, 1.82) is 0 Å². The summed E-state index contributed by atoms with van der Waals surface area (Å²) in [7, 11) is 0. The molecule has 0 spiro atoms. The van der Waals surface area contributed by atoms with E-state index in [9.17, 15) is 0 Å². The first-order valence-corrected chi connectivity index (χ1v) is 11.1. The van der Waals surface area contributed by atoms with Gasteiger partial charge in [0.25, 0.3) is 0 Å². The van der Waals surface area contributed by atoms with Crippen LogP contribution in [0.4, 0.5) is 0 Å². The summed E-state index contributed by atoms with van der Waals surface area (Å²) in [6.45, 7) is 13.7. The minimum atomic E-state index is 0.726. The molecule has 0 atom stereocenters. The van der Waals surface area contributed by atoms with E-state index in [1.807, 2.05) is 44.2 Å². The van der Waals surface area contributed by atoms with Gasteiger partial charge >= 0.3 is 0 Å². The third kappa shape index (κ3) is 10.5. The zero-order valence-corrected chi connectivity index (χ0v) is 18.8. The Balaban J connectivity index is 0.000000363. The van der Waals surface area contributed by atoms with Gasteiger partial charge < -0.3 is 9.73 Å². The van der Waals surface area contributed by atoms with Crippen LogP contribution in [0.5, 0.6) is 0 Å². The molecule has 0 saturated heterocycles. The van der Waals surface area contributed by atoms with Crippen LogP contribution < -0.4 is 10.0 Å². The van der Waals surface area contributed by atoms with Crippen molar-refractivity contribution >= 4 is 22.9 Å². The highest BCUT2D eigenvalue weighted by Gasteiger charge is 1.99. The SMILES string of the molecule is CC.CC(C)CNCCCNSc1ccc2occc2c1.Cc1ccccc1. The van der Waals surface area contributed by atoms with Gasteiger partial charge in [0.05, 0.1) is 6.26 Å². The van der Waals surface area contributed by atoms with Gasteiger partial charge in [-0.25, -0.2) is 0 Å². The number of aryl methyl sites for hydroxylation is 1. The van der Waals surface area contributed by atoms with Gasteiger partial charge in [0.1, 0.15) is 5.58 Å². The van der Waals surface area contributed by atoms with E-state index in [0.717, 1.165) is 42.9 Å². The lowest BCUT2D eigenvalue weighted by Crippen LogP contribution is -2.23. The number of nitrogens with one attached hydrogen (secondary N) is 2. The Morgan fingerprint density at radius 2 is 1.71 bits per heavy atom. The van der Waals surface area contributed by atoms with Gasteiger partial charge in [0, 0.05) is 16.8 Å². The third-order valence-electron chi connectivity index (χ3n) is 3.74. The van der Waals surface area contributed by atoms with E-state index in [1.165, 1.54) is 10.5 Å². The van der Waals surface area contributed by atoms with Crippen molar-refractivity contribution in [3.8, 4) is 0 Å². The molecule has 154 valence electrons. The molecule has 0 unspecified atom stereocenters. The molecule has 2 N–H and O–H groups in total. The number of fused-ring (bicyclic) bond motifs is 1. The van der Waals surface area contributed by atoms with E-state index in [4.69, 9.17) is 4.42 Å². The summed E-state index contributed by atoms with van der Waals surface area (Å²) >= 11 is 1.68. The monoisotopic (exact) mass is 400 g/mol. The molecule has 0 radical (unpaired) electrons. The van der Waals surface area contributed by atoms with Crippen LogP contribution in [0.3, 0.4) is 0 Å². The van der Waals surface area contributed by atoms with Crippen LogP contribution in [0.2, 0.25) is 0 Å². The zero-order chi connectivity index (χ0) is 20.6. The molecule has 0 amide bonds. The van der Waals surface area contributed by atoms with Crippen molar-refractivity contribution in [2.45, 2.75) is 45.9 Å². The topological polar surface area (TPSA) is 37.2 Å². The molecule has 3 aromatic rings. The van der Waals surface area contributed by atoms with Crippen LogP contribution in [-0.2, 0) is 0 Å². The average Bonchev–Trinajstić information content (AvgIpc) is 3.17. The molecule has 0 aliphatic rings. The van der Waals surface area contributed by atoms with Crippen molar-refractivity contribution in [2.24, 2.45) is 5.92 Å². The number of hydrogen-bond donors (Lipinski definition) is 2. The molecule has 3 nitrogen and oxygen atoms in total. The maximum absolute atomic E-state index is 5.32. The summed E-state index contributed by atoms with van der Waals surface area (Å²) in [6.07, 6.45) is 2.88. The Labute approximate surface area is 175 Å². The quantitative estimate of drug-likeness (QED) is 0.326. The van der Waals surface area contributed by atoms with Crippen LogP contribution in [0.25, 0.3) is 11.0 Å². The first-order valence-electron chi connectivity index (χ1n) is 10.2. The van der Waals surface area contributed by atoms with Crippen LogP contribution in [0.15, 0.2) is 70.2 Å². The molecule has 3 rings (SSSR count). The normalized spacial score (nSPS) is 10.2. The van der Waals surface area contributed by atoms with Gasteiger partial charge in [-0.1, -0.05) is 63.6 Å². The number of rotatable bonds is 8. The summed E-state index contributed by atoms with van der Waals surface area (Å²) < 4.78 is 8.72. The van der Waals surface area contributed by atoms with Crippen molar-refractivity contribution in [3.05, 3.63) is 66.4 Å². The maximum atomic E-state index is 5.32. The van der Waals surface area contributed by atoms with Gasteiger partial charge in [0.2, 0.25) is 0 Å². The highest BCUT2D eigenvalue weighted by Crippen LogP contribution is 2.22. The molecule has 2 aromatic carbocycles. The largest absolute Gasteiger partial charge is 0.464 e. The summed E-state index contributed by atoms with van der Waals surface area (Å²) in [5.74, 6) is 0.726. The van der Waals surface area contributed by atoms with E-state index in [1.54, 1.807) is 18.2 Å². The maximum Gasteiger partial charge on any atom is 0.133 e. The zero-order valence-electron chi connectivity index (χ0n) is 18.0. The molecular formula is C24H36N2OS. The number of furan rings is 1. The van der Waals surface area contributed by atoms with Crippen molar-refractivity contribution in [1.82, 2.24) is 10.0 Å². The smallest absolute Gasteiger partial charge is 0.133 e. The lowest BCUT2D eigenvalue weighted by Gasteiger charge is -2.07. The molecule has 0 bridgehead atoms. The highest BCUT2D eigenvalue weighted by molar-refractivity contribution is 7.97. The Kier molecular flexibility index (Phi) is 13.2. The van der Waals surface area contributed by atoms with Crippen LogP contribution in [-0.4, -0.2) is 19.6 Å². The first kappa shape index (κ1) is 24.3. The molecule has 28 heavy (non-hydrogen) atoms. The molecule has 1 heterocycles. The minimum absolute atomic E-state index is 0.726. The number of hydrogen-bond acceptors (Lipinski definition) is 4. The lowest BCUT2D eigenvalue weighted by atomic mass is 10.2. The summed E-state index contributed by atoms with van der Waals surface area (Å²) in [6, 6.07) is 18.5. The van der Waals surface area contributed by atoms with Gasteiger partial charge in [-0.05, 0) is 68.6 Å². The molecule has 1 aromatic heterocycles. The van der Waals surface area contributed by atoms with E-state index in [2.05, 4.69) is 55.1 Å². The Bertz CT molecular complexity index is 740. The van der Waals surface area contributed by atoms with Crippen LogP contribution in [0.1, 0.15) is 39.7 Å². The summed E-state index contributed by atoms with van der Waals surface area (Å²) in [4.78, 5) is 1.23. The van der Waals surface area contributed by atoms with E-state index in [-0.39, 0.29) is 0 Å². The first-order chi connectivity index (χ1) is 13.6. The molecule has 0 aliphatic heterocycles. The minimum Gasteiger partial charge on any atom is -0.464 e. The van der Waals surface area contributed by atoms with E-state index >= 15 is 0 Å². The van der Waals surface area contributed by atoms with Crippen molar-refractivity contribution in [3.63, 3.8) is 0 Å². The van der Waals surface area contributed by atoms with Crippen LogP contribution >= 0.6 is 11.9 Å². The van der Waals surface area contributed by atoms with Crippen molar-refractivity contribution in [2.75, 3.05) is 19.6 Å². The molecule has 4 heteroatoms. The number of benzene rings is 2. The van der Waals surface area contributed by atoms with Crippen LogP contribution in [0, 0.1) is 12.8 Å². The Hall–Kier alpha value is -1.75. The second-order valence-electron chi connectivity index (χ2n) is 6.72. The standard InChI is InChI=1S/C15H22N2OS.C7H8.C2H6/c1-12(2)11-16-7-3-8-17-19-14-4-5-15-13(10-14)6-9-18-15;1-7-5-3-2-4-6-7;1-2/h4-6,9-10,12,16-17H,3,7-8,11H2,1-2H3;2-6H,1H3;1-2H3. The molecular weight excluding hydrogens is 364 g/mol. The van der Waals surface area contributed by atoms with E-state index < -0.39 is 0 Å². The van der Waals surface area contributed by atoms with Gasteiger partial charge in [-0.15, -0.1) is 0 Å². The molecule has 0 fully saturated rings. The second kappa shape index (κ2) is 15.2. The predicted octanol–water partition coefficient (Wildman–Crippen LogP) is 6.69. The van der Waals surface area contributed by atoms with Gasteiger partial charge in [-0.3, -0.25) is 4.72 Å². The van der Waals surface area contributed by atoms with E-state index in [0.29, 0.717) is 0 Å². The van der Waals surface area contributed by atoms with Crippen molar-refractivity contribution < 1.29 is 4.42 Å². The fourth-order valence-electron chi connectivity index (χ4n) is 2.35. The predicted molar refractivity (Wildman–Crippen MR) is 125 cm³/mol. The Morgan fingerprint density at radius 1 is 0.964 bits per heavy atom. The third-order valence-corrected chi connectivity index (χ3v) is 4.58. The fourth-order valence-corrected chi connectivity index (χ4v) is 3.09. The Morgan fingerprint density at radius 3 is 2.36 bits per heavy atom. The second-order valence-corrected chi connectivity index (χ2v) is 7.69. The summed E-state index contributed by atoms with van der Waals surface area (Å²) in [5.41, 5.74) is 2.27. The fraction of sp³-hybridized carbons (Fsp3) is 0.417. The van der Waals surface area contributed by atoms with Gasteiger partial charge in [0.15, 0.2) is 0 Å². The highest BCUT2D eigenvalue weighted by atomic mass is 32.2. The molecule has 0 saturated carbocycles. The lowest BCUT2D eigenvalue weighted by molar-refractivity contribution is 0.543. The summed E-state index contributed by atoms with van der Waals surface area (Å²) in [5, 5.41) is 4.60. The molecule has 0 aliphatic carbocycles. The average molecular weight is 401 g/mol. The van der Waals surface area contributed by atoms with Gasteiger partial charge in [-0.2, -0.15) is 0 Å².